The van der Waals surface area contributed by atoms with Crippen LogP contribution in [0.2, 0.25) is 10.3 Å². The van der Waals surface area contributed by atoms with Crippen molar-refractivity contribution in [1.29, 1.82) is 0 Å². The Morgan fingerprint density at radius 3 is 2.43 bits per heavy atom. The van der Waals surface area contributed by atoms with E-state index in [9.17, 15) is 26.4 Å². The quantitative estimate of drug-likeness (QED) is 0.294. The van der Waals surface area contributed by atoms with E-state index in [-0.39, 0.29) is 15.9 Å². The largest absolute Gasteiger partial charge is 0.534 e. The average Bonchev–Trinajstić information content (AvgIpc) is 2.56. The predicted octanol–water partition coefficient (Wildman–Crippen LogP) is 2.48. The van der Waals surface area contributed by atoms with Crippen LogP contribution in [-0.2, 0) is 16.7 Å². The van der Waals surface area contributed by atoms with Crippen molar-refractivity contribution in [2.24, 2.45) is 0 Å². The second-order valence-corrected chi connectivity index (χ2v) is 7.11. The molecule has 14 heteroatoms. The van der Waals surface area contributed by atoms with E-state index in [0.717, 1.165) is 11.7 Å². The van der Waals surface area contributed by atoms with Gasteiger partial charge in [0.15, 0.2) is 5.82 Å². The van der Waals surface area contributed by atoms with Gasteiger partial charge in [0, 0.05) is 0 Å². The Balaban J connectivity index is 2.83. The van der Waals surface area contributed by atoms with Crippen LogP contribution in [-0.4, -0.2) is 35.6 Å². The van der Waals surface area contributed by atoms with Gasteiger partial charge in [0.2, 0.25) is 5.75 Å². The summed E-state index contributed by atoms with van der Waals surface area (Å²) >= 11 is 11.6. The number of pyridine rings is 1. The van der Waals surface area contributed by atoms with Gasteiger partial charge in [-0.1, -0.05) is 29.1 Å². The number of methoxy groups -OCH3 is 1. The standard InChI is InChI=1S/C14H8Cl2F3N3O5S/c1-3-6-22-11(7-4-5-8(15)20-10(7)16)21-12(9(26-2)13(22)23)27-28(24,25)14(17,18)19/h1,4-5H,6H2,2H3. The van der Waals surface area contributed by atoms with Crippen LogP contribution in [0, 0.1) is 12.3 Å². The number of nitrogens with zero attached hydrogens (tertiary/aromatic N) is 3. The summed E-state index contributed by atoms with van der Waals surface area (Å²) in [5.74, 6) is -0.427. The third kappa shape index (κ3) is 4.16. The first-order chi connectivity index (χ1) is 12.9. The molecule has 0 unspecified atom stereocenters. The molecular weight excluding hydrogens is 450 g/mol. The van der Waals surface area contributed by atoms with E-state index in [0.29, 0.717) is 0 Å². The van der Waals surface area contributed by atoms with Crippen LogP contribution in [0.15, 0.2) is 16.9 Å². The first-order valence-electron chi connectivity index (χ1n) is 6.88. The molecule has 0 saturated carbocycles. The Labute approximate surface area is 166 Å². The van der Waals surface area contributed by atoms with Crippen molar-refractivity contribution in [3.63, 3.8) is 0 Å². The molecule has 0 atom stereocenters. The number of alkyl halides is 3. The summed E-state index contributed by atoms with van der Waals surface area (Å²) in [5.41, 5.74) is -6.95. The van der Waals surface area contributed by atoms with E-state index in [1.165, 1.54) is 12.1 Å². The second kappa shape index (κ2) is 7.86. The molecule has 0 aromatic carbocycles. The minimum absolute atomic E-state index is 0.0239. The maximum Gasteiger partial charge on any atom is 0.534 e. The normalized spacial score (nSPS) is 11.8. The SMILES string of the molecule is C#CCn1c(-c2ccc(Cl)nc2Cl)nc(OS(=O)(=O)C(F)(F)F)c(OC)c1=O. The van der Waals surface area contributed by atoms with Gasteiger partial charge >= 0.3 is 21.2 Å². The highest BCUT2D eigenvalue weighted by atomic mass is 35.5. The summed E-state index contributed by atoms with van der Waals surface area (Å²) in [6.07, 6.45) is 5.20. The Kier molecular flexibility index (Phi) is 6.12. The third-order valence-corrected chi connectivity index (χ3v) is 4.52. The molecule has 2 rings (SSSR count). The number of rotatable bonds is 5. The minimum Gasteiger partial charge on any atom is -0.487 e. The fraction of sp³-hybridized carbons (Fsp3) is 0.214. The van der Waals surface area contributed by atoms with E-state index in [4.69, 9.17) is 29.6 Å². The van der Waals surface area contributed by atoms with Crippen molar-refractivity contribution >= 4 is 33.3 Å². The molecule has 0 fully saturated rings. The van der Waals surface area contributed by atoms with Crippen LogP contribution >= 0.6 is 23.2 Å². The molecule has 0 amide bonds. The number of hydrogen-bond donors (Lipinski definition) is 0. The highest BCUT2D eigenvalue weighted by molar-refractivity contribution is 7.88. The molecule has 8 nitrogen and oxygen atoms in total. The van der Waals surface area contributed by atoms with Gasteiger partial charge in [-0.25, -0.2) is 4.98 Å². The molecular formula is C14H8Cl2F3N3O5S. The molecule has 2 aromatic rings. The lowest BCUT2D eigenvalue weighted by molar-refractivity contribution is -0.0502. The lowest BCUT2D eigenvalue weighted by Gasteiger charge is -2.16. The van der Waals surface area contributed by atoms with E-state index < -0.39 is 45.2 Å². The Hall–Kier alpha value is -2.49. The molecule has 0 N–H and O–H groups in total. The van der Waals surface area contributed by atoms with Crippen molar-refractivity contribution in [3.05, 3.63) is 32.8 Å². The Morgan fingerprint density at radius 2 is 1.93 bits per heavy atom. The molecule has 2 heterocycles. The van der Waals surface area contributed by atoms with Gasteiger partial charge in [-0.2, -0.15) is 26.6 Å². The summed E-state index contributed by atoms with van der Waals surface area (Å²) in [6, 6.07) is 2.51. The van der Waals surface area contributed by atoms with Crippen LogP contribution in [0.3, 0.4) is 0 Å². The topological polar surface area (TPSA) is 100 Å². The van der Waals surface area contributed by atoms with E-state index in [1.54, 1.807) is 0 Å². The summed E-state index contributed by atoms with van der Waals surface area (Å²) < 4.78 is 70.1. The average molecular weight is 458 g/mol. The summed E-state index contributed by atoms with van der Waals surface area (Å²) in [5, 5.41) is -0.302. The zero-order valence-corrected chi connectivity index (χ0v) is 15.9. The van der Waals surface area contributed by atoms with Crippen molar-refractivity contribution in [3.8, 4) is 35.4 Å². The molecule has 0 aliphatic heterocycles. The van der Waals surface area contributed by atoms with Crippen LogP contribution in [0.5, 0.6) is 11.6 Å². The number of aromatic nitrogens is 3. The first-order valence-corrected chi connectivity index (χ1v) is 9.04. The summed E-state index contributed by atoms with van der Waals surface area (Å²) in [6.45, 7) is -0.400. The lowest BCUT2D eigenvalue weighted by atomic mass is 10.2. The van der Waals surface area contributed by atoms with Gasteiger partial charge in [-0.3, -0.25) is 9.36 Å². The van der Waals surface area contributed by atoms with Gasteiger partial charge in [0.05, 0.1) is 19.2 Å². The first kappa shape index (κ1) is 21.8. The number of hydrogen-bond acceptors (Lipinski definition) is 7. The number of halogens is 5. The zero-order chi connectivity index (χ0) is 21.3. The maximum absolute atomic E-state index is 12.7. The summed E-state index contributed by atoms with van der Waals surface area (Å²) in [7, 11) is -5.24. The van der Waals surface area contributed by atoms with E-state index in [1.807, 2.05) is 0 Å². The molecule has 2 aromatic heterocycles. The van der Waals surface area contributed by atoms with Gasteiger partial charge in [-0.15, -0.1) is 6.42 Å². The minimum atomic E-state index is -6.14. The van der Waals surface area contributed by atoms with Crippen LogP contribution in [0.25, 0.3) is 11.4 Å². The van der Waals surface area contributed by atoms with Crippen molar-refractivity contribution in [1.82, 2.24) is 14.5 Å². The maximum atomic E-state index is 12.7. The van der Waals surface area contributed by atoms with Crippen LogP contribution in [0.1, 0.15) is 0 Å². The second-order valence-electron chi connectivity index (χ2n) is 4.82. The molecule has 28 heavy (non-hydrogen) atoms. The molecule has 0 aliphatic rings. The smallest absolute Gasteiger partial charge is 0.487 e. The van der Waals surface area contributed by atoms with Gasteiger partial charge in [0.25, 0.3) is 5.88 Å². The lowest BCUT2D eigenvalue weighted by Crippen LogP contribution is -2.31. The van der Waals surface area contributed by atoms with Crippen LogP contribution in [0.4, 0.5) is 13.2 Å². The molecule has 0 spiro atoms. The highest BCUT2D eigenvalue weighted by Crippen LogP contribution is 2.33. The van der Waals surface area contributed by atoms with Crippen molar-refractivity contribution < 1.29 is 30.5 Å². The van der Waals surface area contributed by atoms with Gasteiger partial charge < -0.3 is 8.92 Å². The number of ether oxygens (including phenoxy) is 1. The molecule has 0 saturated heterocycles. The highest BCUT2D eigenvalue weighted by Gasteiger charge is 2.49. The van der Waals surface area contributed by atoms with E-state index >= 15 is 0 Å². The van der Waals surface area contributed by atoms with E-state index in [2.05, 4.69) is 24.8 Å². The Morgan fingerprint density at radius 1 is 1.29 bits per heavy atom. The zero-order valence-electron chi connectivity index (χ0n) is 13.6. The molecule has 0 bridgehead atoms. The third-order valence-electron chi connectivity index (χ3n) is 3.08. The fourth-order valence-corrected chi connectivity index (χ4v) is 2.77. The predicted molar refractivity (Wildman–Crippen MR) is 92.7 cm³/mol. The van der Waals surface area contributed by atoms with Crippen molar-refractivity contribution in [2.45, 2.75) is 12.1 Å². The molecule has 0 aliphatic carbocycles. The number of terminal acetylenes is 1. The van der Waals surface area contributed by atoms with Gasteiger partial charge in [-0.05, 0) is 12.1 Å². The van der Waals surface area contributed by atoms with Crippen molar-refractivity contribution in [2.75, 3.05) is 7.11 Å². The van der Waals surface area contributed by atoms with Gasteiger partial charge in [0.1, 0.15) is 10.3 Å². The summed E-state index contributed by atoms with van der Waals surface area (Å²) in [4.78, 5) is 20.0. The Bertz CT molecular complexity index is 1130. The van der Waals surface area contributed by atoms with Crippen LogP contribution < -0.4 is 14.5 Å². The molecule has 0 radical (unpaired) electrons. The molecule has 150 valence electrons. The fourth-order valence-electron chi connectivity index (χ4n) is 1.92. The monoisotopic (exact) mass is 457 g/mol.